The van der Waals surface area contributed by atoms with Crippen molar-refractivity contribution >= 4 is 28.7 Å². The quantitative estimate of drug-likeness (QED) is 0.839. The maximum absolute atomic E-state index is 5.56. The molecule has 98 valence electrons. The molecular weight excluding hydrogens is 258 g/mol. The molecule has 0 aliphatic carbocycles. The zero-order chi connectivity index (χ0) is 13.8. The number of anilines is 2. The van der Waals surface area contributed by atoms with Crippen molar-refractivity contribution < 1.29 is 4.74 Å². The van der Waals surface area contributed by atoms with Crippen LogP contribution in [0.25, 0.3) is 0 Å². The fraction of sp³-hybridized carbons (Fsp3) is 0.143. The first-order valence-corrected chi connectivity index (χ1v) is 6.19. The third-order valence-electron chi connectivity index (χ3n) is 2.67. The van der Waals surface area contributed by atoms with Crippen LogP contribution < -0.4 is 15.8 Å². The molecule has 0 aliphatic heterocycles. The van der Waals surface area contributed by atoms with Crippen LogP contribution in [0.4, 0.5) is 11.5 Å². The van der Waals surface area contributed by atoms with Crippen molar-refractivity contribution in [3.8, 4) is 5.75 Å². The third kappa shape index (κ3) is 3.20. The minimum absolute atomic E-state index is 0.287. The van der Waals surface area contributed by atoms with Crippen LogP contribution in [-0.4, -0.2) is 17.1 Å². The van der Waals surface area contributed by atoms with Crippen LogP contribution in [-0.2, 0) is 0 Å². The van der Waals surface area contributed by atoms with E-state index in [-0.39, 0.29) is 4.99 Å². The molecule has 0 unspecified atom stereocenters. The number of pyridine rings is 1. The van der Waals surface area contributed by atoms with Gasteiger partial charge in [-0.15, -0.1) is 0 Å². The monoisotopic (exact) mass is 273 g/mol. The van der Waals surface area contributed by atoms with Crippen molar-refractivity contribution in [1.29, 1.82) is 0 Å². The summed E-state index contributed by atoms with van der Waals surface area (Å²) < 4.78 is 5.22. The summed E-state index contributed by atoms with van der Waals surface area (Å²) in [6.07, 6.45) is 0. The number of nitrogens with two attached hydrogens (primary N) is 1. The highest BCUT2D eigenvalue weighted by Crippen LogP contribution is 2.23. The van der Waals surface area contributed by atoms with Crippen molar-refractivity contribution in [2.24, 2.45) is 5.73 Å². The van der Waals surface area contributed by atoms with Gasteiger partial charge in [0.2, 0.25) is 0 Å². The van der Waals surface area contributed by atoms with Gasteiger partial charge in [-0.2, -0.15) is 0 Å². The summed E-state index contributed by atoms with van der Waals surface area (Å²) in [5.41, 5.74) is 8.15. The average Bonchev–Trinajstić information content (AvgIpc) is 2.39. The molecule has 0 fully saturated rings. The van der Waals surface area contributed by atoms with Crippen molar-refractivity contribution in [1.82, 2.24) is 4.98 Å². The summed E-state index contributed by atoms with van der Waals surface area (Å²) in [4.78, 5) is 4.62. The topological polar surface area (TPSA) is 60.2 Å². The van der Waals surface area contributed by atoms with Crippen LogP contribution in [0.3, 0.4) is 0 Å². The van der Waals surface area contributed by atoms with Gasteiger partial charge in [0, 0.05) is 5.69 Å². The summed E-state index contributed by atoms with van der Waals surface area (Å²) in [7, 11) is 1.66. The highest BCUT2D eigenvalue weighted by molar-refractivity contribution is 7.80. The highest BCUT2D eigenvalue weighted by atomic mass is 32.1. The fourth-order valence-corrected chi connectivity index (χ4v) is 1.86. The van der Waals surface area contributed by atoms with Crippen molar-refractivity contribution in [3.63, 3.8) is 0 Å². The van der Waals surface area contributed by atoms with Crippen LogP contribution in [0.5, 0.6) is 5.75 Å². The normalized spacial score (nSPS) is 10.0. The second-order valence-electron chi connectivity index (χ2n) is 4.08. The largest absolute Gasteiger partial charge is 0.496 e. The average molecular weight is 273 g/mol. The smallest absolute Gasteiger partial charge is 0.131 e. The number of nitrogens with zero attached hydrogens (tertiary/aromatic N) is 1. The van der Waals surface area contributed by atoms with E-state index in [1.807, 2.05) is 37.3 Å². The van der Waals surface area contributed by atoms with Gasteiger partial charge in [-0.05, 0) is 42.8 Å². The molecule has 0 saturated carbocycles. The number of aryl methyl sites for hydroxylation is 1. The molecule has 0 radical (unpaired) electrons. The summed E-state index contributed by atoms with van der Waals surface area (Å²) in [5.74, 6) is 1.56. The maximum atomic E-state index is 5.56. The minimum atomic E-state index is 0.287. The molecule has 0 atom stereocenters. The predicted molar refractivity (Wildman–Crippen MR) is 81.1 cm³/mol. The molecule has 1 aromatic carbocycles. The highest BCUT2D eigenvalue weighted by Gasteiger charge is 2.03. The lowest BCUT2D eigenvalue weighted by atomic mass is 10.2. The molecule has 2 aromatic rings. The Balaban J connectivity index is 2.23. The number of ether oxygens (including phenoxy) is 1. The molecule has 1 aromatic heterocycles. The van der Waals surface area contributed by atoms with Gasteiger partial charge in [0.15, 0.2) is 0 Å². The van der Waals surface area contributed by atoms with Gasteiger partial charge in [-0.1, -0.05) is 18.3 Å². The Labute approximate surface area is 117 Å². The first-order chi connectivity index (χ1) is 9.10. The summed E-state index contributed by atoms with van der Waals surface area (Å²) in [6.45, 7) is 1.99. The number of thiocarbonyl (C=S) groups is 1. The molecule has 0 saturated heterocycles. The van der Waals surface area contributed by atoms with Crippen LogP contribution in [0.1, 0.15) is 11.3 Å². The number of aromatic nitrogens is 1. The van der Waals surface area contributed by atoms with Crippen molar-refractivity contribution in [3.05, 3.63) is 47.7 Å². The van der Waals surface area contributed by atoms with E-state index in [0.717, 1.165) is 17.0 Å². The van der Waals surface area contributed by atoms with E-state index in [1.54, 1.807) is 13.2 Å². The molecule has 0 bridgehead atoms. The van der Waals surface area contributed by atoms with Crippen LogP contribution in [0.15, 0.2) is 36.4 Å². The van der Waals surface area contributed by atoms with Gasteiger partial charge in [0.1, 0.15) is 16.6 Å². The van der Waals surface area contributed by atoms with E-state index in [0.29, 0.717) is 11.5 Å². The summed E-state index contributed by atoms with van der Waals surface area (Å²) >= 11 is 4.91. The van der Waals surface area contributed by atoms with Crippen molar-refractivity contribution in [2.75, 3.05) is 12.4 Å². The lowest BCUT2D eigenvalue weighted by molar-refractivity contribution is 0.412. The number of rotatable bonds is 4. The first-order valence-electron chi connectivity index (χ1n) is 5.78. The van der Waals surface area contributed by atoms with E-state index in [2.05, 4.69) is 10.3 Å². The Morgan fingerprint density at radius 3 is 2.74 bits per heavy atom. The molecule has 1 heterocycles. The molecule has 0 amide bonds. The Hall–Kier alpha value is -2.14. The maximum Gasteiger partial charge on any atom is 0.131 e. The minimum Gasteiger partial charge on any atom is -0.496 e. The van der Waals surface area contributed by atoms with Gasteiger partial charge in [-0.3, -0.25) is 0 Å². The molecule has 2 rings (SSSR count). The van der Waals surface area contributed by atoms with Gasteiger partial charge >= 0.3 is 0 Å². The standard InChI is InChI=1S/C14H15N3OS/c1-9-8-10(6-7-12(9)18-2)16-13-5-3-4-11(17-13)14(15)19/h3-8H,1-2H3,(H2,15,19)(H,16,17). The lowest BCUT2D eigenvalue weighted by Crippen LogP contribution is -2.12. The zero-order valence-corrected chi connectivity index (χ0v) is 11.6. The van der Waals surface area contributed by atoms with Gasteiger partial charge in [0.25, 0.3) is 0 Å². The number of methoxy groups -OCH3 is 1. The van der Waals surface area contributed by atoms with Gasteiger partial charge < -0.3 is 15.8 Å². The molecular formula is C14H15N3OS. The zero-order valence-electron chi connectivity index (χ0n) is 10.8. The lowest BCUT2D eigenvalue weighted by Gasteiger charge is -2.10. The fourth-order valence-electron chi connectivity index (χ4n) is 1.75. The van der Waals surface area contributed by atoms with E-state index in [4.69, 9.17) is 22.7 Å². The van der Waals surface area contributed by atoms with Crippen LogP contribution in [0.2, 0.25) is 0 Å². The van der Waals surface area contributed by atoms with E-state index in [9.17, 15) is 0 Å². The number of hydrogen-bond acceptors (Lipinski definition) is 4. The second kappa shape index (κ2) is 5.67. The Morgan fingerprint density at radius 2 is 2.11 bits per heavy atom. The molecule has 4 nitrogen and oxygen atoms in total. The Morgan fingerprint density at radius 1 is 1.32 bits per heavy atom. The third-order valence-corrected chi connectivity index (χ3v) is 2.88. The Bertz CT molecular complexity index is 613. The van der Waals surface area contributed by atoms with Crippen LogP contribution >= 0.6 is 12.2 Å². The van der Waals surface area contributed by atoms with E-state index >= 15 is 0 Å². The number of nitrogens with one attached hydrogen (secondary N) is 1. The van der Waals surface area contributed by atoms with Gasteiger partial charge in [-0.25, -0.2) is 4.98 Å². The van der Waals surface area contributed by atoms with Crippen LogP contribution in [0, 0.1) is 6.92 Å². The second-order valence-corrected chi connectivity index (χ2v) is 4.52. The SMILES string of the molecule is COc1ccc(Nc2cccc(C(N)=S)n2)cc1C. The van der Waals surface area contributed by atoms with E-state index < -0.39 is 0 Å². The molecule has 0 spiro atoms. The summed E-state index contributed by atoms with van der Waals surface area (Å²) in [5, 5.41) is 3.21. The summed E-state index contributed by atoms with van der Waals surface area (Å²) in [6, 6.07) is 11.3. The molecule has 5 heteroatoms. The van der Waals surface area contributed by atoms with Crippen molar-refractivity contribution in [2.45, 2.75) is 6.92 Å². The molecule has 19 heavy (non-hydrogen) atoms. The van der Waals surface area contributed by atoms with E-state index in [1.165, 1.54) is 0 Å². The first kappa shape index (κ1) is 13.3. The number of benzene rings is 1. The Kier molecular flexibility index (Phi) is 3.97. The van der Waals surface area contributed by atoms with Gasteiger partial charge in [0.05, 0.1) is 12.8 Å². The molecule has 0 aliphatic rings. The number of hydrogen-bond donors (Lipinski definition) is 2. The molecule has 3 N–H and O–H groups in total. The predicted octanol–water partition coefficient (Wildman–Crippen LogP) is 2.78.